The maximum atomic E-state index is 12.7. The van der Waals surface area contributed by atoms with Crippen molar-refractivity contribution in [1.29, 1.82) is 0 Å². The van der Waals surface area contributed by atoms with Crippen molar-refractivity contribution in [3.05, 3.63) is 69.2 Å². The molecule has 3 aromatic rings. The lowest BCUT2D eigenvalue weighted by atomic mass is 10.1. The van der Waals surface area contributed by atoms with Gasteiger partial charge < -0.3 is 14.4 Å². The van der Waals surface area contributed by atoms with E-state index in [1.165, 1.54) is 0 Å². The number of halogens is 1. The fraction of sp³-hybridized carbons (Fsp3) is 0.318. The van der Waals surface area contributed by atoms with E-state index >= 15 is 0 Å². The van der Waals surface area contributed by atoms with Gasteiger partial charge in [-0.05, 0) is 30.7 Å². The molecule has 1 aliphatic heterocycles. The van der Waals surface area contributed by atoms with Crippen molar-refractivity contribution in [1.82, 2.24) is 14.5 Å². The Hall–Kier alpha value is -2.90. The van der Waals surface area contributed by atoms with Crippen LogP contribution in [0.4, 0.5) is 5.95 Å². The van der Waals surface area contributed by atoms with Gasteiger partial charge in [-0.25, -0.2) is 4.98 Å². The third-order valence-corrected chi connectivity index (χ3v) is 5.53. The normalized spacial score (nSPS) is 16.5. The van der Waals surface area contributed by atoms with E-state index in [-0.39, 0.29) is 11.7 Å². The Morgan fingerprint density at radius 2 is 2.10 bits per heavy atom. The molecule has 0 bridgehead atoms. The molecule has 1 saturated heterocycles. The number of hydrogen-bond acceptors (Lipinski definition) is 6. The molecule has 1 fully saturated rings. The van der Waals surface area contributed by atoms with E-state index < -0.39 is 0 Å². The average molecular weight is 427 g/mol. The maximum absolute atomic E-state index is 12.7. The number of pyridine rings is 1. The minimum atomic E-state index is -0.228. The van der Waals surface area contributed by atoms with E-state index in [0.29, 0.717) is 42.1 Å². The van der Waals surface area contributed by atoms with Gasteiger partial charge in [0.25, 0.3) is 5.56 Å². The molecular formula is C22H23ClN4O3. The molecule has 3 heterocycles. The van der Waals surface area contributed by atoms with Crippen LogP contribution in [0.1, 0.15) is 17.2 Å². The molecule has 1 aromatic carbocycles. The van der Waals surface area contributed by atoms with Gasteiger partial charge in [-0.1, -0.05) is 17.7 Å². The minimum absolute atomic E-state index is 0.113. The first-order chi connectivity index (χ1) is 14.5. The second-order valence-electron chi connectivity index (χ2n) is 7.22. The van der Waals surface area contributed by atoms with Crippen LogP contribution in [-0.2, 0) is 11.8 Å². The Balaban J connectivity index is 1.70. The topological polar surface area (TPSA) is 69.5 Å². The molecule has 156 valence electrons. The van der Waals surface area contributed by atoms with E-state index in [9.17, 15) is 4.79 Å². The lowest BCUT2D eigenvalue weighted by molar-refractivity contribution is 0.0374. The molecule has 2 aromatic heterocycles. The number of hydrogen-bond donors (Lipinski definition) is 0. The first-order valence-electron chi connectivity index (χ1n) is 9.67. The van der Waals surface area contributed by atoms with E-state index in [0.717, 1.165) is 16.7 Å². The smallest absolute Gasteiger partial charge is 0.255 e. The lowest BCUT2D eigenvalue weighted by Gasteiger charge is -2.35. The van der Waals surface area contributed by atoms with Crippen molar-refractivity contribution < 1.29 is 9.47 Å². The quantitative estimate of drug-likeness (QED) is 0.637. The molecule has 8 heteroatoms. The molecule has 7 nitrogen and oxygen atoms in total. The van der Waals surface area contributed by atoms with E-state index in [1.54, 1.807) is 43.3 Å². The molecule has 0 spiro atoms. The Kier molecular flexibility index (Phi) is 5.74. The number of aromatic nitrogens is 3. The number of benzene rings is 1. The standard InChI is InChI=1S/C22H23ClN4O3/c1-14-12-24-7-6-16(14)18-11-21(28)26(2)22(25-18)27-8-9-30-20(13-27)17-5-4-15(23)10-19(17)29-3/h4-7,10-12,20H,8-9,13H2,1-3H3. The molecule has 30 heavy (non-hydrogen) atoms. The molecule has 1 aliphatic rings. The van der Waals surface area contributed by atoms with Crippen molar-refractivity contribution >= 4 is 17.5 Å². The van der Waals surface area contributed by atoms with Gasteiger partial charge in [0.05, 0.1) is 26.0 Å². The first-order valence-corrected chi connectivity index (χ1v) is 10.0. The van der Waals surface area contributed by atoms with Gasteiger partial charge in [0.15, 0.2) is 0 Å². The summed E-state index contributed by atoms with van der Waals surface area (Å²) in [6, 6.07) is 8.95. The zero-order chi connectivity index (χ0) is 21.3. The number of nitrogens with zero attached hydrogens (tertiary/aromatic N) is 4. The summed E-state index contributed by atoms with van der Waals surface area (Å²) in [7, 11) is 3.35. The molecule has 0 aliphatic carbocycles. The summed E-state index contributed by atoms with van der Waals surface area (Å²) in [5.74, 6) is 1.28. The van der Waals surface area contributed by atoms with Gasteiger partial charge in [0.1, 0.15) is 11.9 Å². The molecule has 4 rings (SSSR count). The van der Waals surface area contributed by atoms with E-state index in [4.69, 9.17) is 26.1 Å². The molecule has 1 atom stereocenters. The summed E-state index contributed by atoms with van der Waals surface area (Å²) in [4.78, 5) is 23.7. The Labute approximate surface area is 179 Å². The number of anilines is 1. The van der Waals surface area contributed by atoms with Crippen LogP contribution in [0.2, 0.25) is 5.02 Å². The van der Waals surface area contributed by atoms with Crippen LogP contribution in [0, 0.1) is 6.92 Å². The highest BCUT2D eigenvalue weighted by Gasteiger charge is 2.27. The van der Waals surface area contributed by atoms with Gasteiger partial charge in [-0.15, -0.1) is 0 Å². The predicted molar refractivity (Wildman–Crippen MR) is 116 cm³/mol. The highest BCUT2D eigenvalue weighted by molar-refractivity contribution is 6.30. The average Bonchev–Trinajstić information content (AvgIpc) is 2.76. The second-order valence-corrected chi connectivity index (χ2v) is 7.66. The largest absolute Gasteiger partial charge is 0.496 e. The number of morpholine rings is 1. The van der Waals surface area contributed by atoms with Crippen LogP contribution in [0.3, 0.4) is 0 Å². The monoisotopic (exact) mass is 426 g/mol. The van der Waals surface area contributed by atoms with Crippen molar-refractivity contribution in [2.75, 3.05) is 31.7 Å². The van der Waals surface area contributed by atoms with Crippen molar-refractivity contribution in [2.24, 2.45) is 7.05 Å². The van der Waals surface area contributed by atoms with Gasteiger partial charge in [0, 0.05) is 48.2 Å². The number of methoxy groups -OCH3 is 1. The fourth-order valence-electron chi connectivity index (χ4n) is 3.68. The molecule has 0 saturated carbocycles. The molecule has 0 amide bonds. The zero-order valence-corrected chi connectivity index (χ0v) is 17.9. The summed E-state index contributed by atoms with van der Waals surface area (Å²) >= 11 is 6.10. The Bertz CT molecular complexity index is 1130. The van der Waals surface area contributed by atoms with Crippen molar-refractivity contribution in [3.8, 4) is 17.0 Å². The summed E-state index contributed by atoms with van der Waals surface area (Å²) in [6.07, 6.45) is 3.25. The molecular weight excluding hydrogens is 404 g/mol. The highest BCUT2D eigenvalue weighted by Crippen LogP contribution is 2.33. The maximum Gasteiger partial charge on any atom is 0.255 e. The van der Waals surface area contributed by atoms with Gasteiger partial charge in [-0.2, -0.15) is 0 Å². The van der Waals surface area contributed by atoms with Crippen molar-refractivity contribution in [2.45, 2.75) is 13.0 Å². The van der Waals surface area contributed by atoms with E-state index in [2.05, 4.69) is 9.88 Å². The minimum Gasteiger partial charge on any atom is -0.496 e. The summed E-state index contributed by atoms with van der Waals surface area (Å²) < 4.78 is 13.1. The number of rotatable bonds is 4. The molecule has 1 unspecified atom stereocenters. The summed E-state index contributed by atoms with van der Waals surface area (Å²) in [5.41, 5.74) is 3.30. The Morgan fingerprint density at radius 1 is 1.27 bits per heavy atom. The second kappa shape index (κ2) is 8.45. The van der Waals surface area contributed by atoms with Crippen LogP contribution >= 0.6 is 11.6 Å². The molecule has 0 radical (unpaired) electrons. The number of aryl methyl sites for hydroxylation is 1. The first kappa shape index (κ1) is 20.4. The van der Waals surface area contributed by atoms with Crippen LogP contribution < -0.4 is 15.2 Å². The SMILES string of the molecule is COc1cc(Cl)ccc1C1CN(c2nc(-c3ccncc3C)cc(=O)n2C)CCO1. The van der Waals surface area contributed by atoms with Crippen LogP contribution in [0.15, 0.2) is 47.5 Å². The fourth-order valence-corrected chi connectivity index (χ4v) is 3.84. The lowest BCUT2D eigenvalue weighted by Crippen LogP contribution is -2.41. The summed E-state index contributed by atoms with van der Waals surface area (Å²) in [5, 5.41) is 0.604. The van der Waals surface area contributed by atoms with Gasteiger partial charge in [0.2, 0.25) is 5.95 Å². The third kappa shape index (κ3) is 3.91. The third-order valence-electron chi connectivity index (χ3n) is 5.30. The van der Waals surface area contributed by atoms with Crippen molar-refractivity contribution in [3.63, 3.8) is 0 Å². The zero-order valence-electron chi connectivity index (χ0n) is 17.1. The predicted octanol–water partition coefficient (Wildman–Crippen LogP) is 3.39. The molecule has 0 N–H and O–H groups in total. The highest BCUT2D eigenvalue weighted by atomic mass is 35.5. The van der Waals surface area contributed by atoms with Crippen LogP contribution in [0.25, 0.3) is 11.3 Å². The van der Waals surface area contributed by atoms with Gasteiger partial charge >= 0.3 is 0 Å². The Morgan fingerprint density at radius 3 is 2.87 bits per heavy atom. The summed E-state index contributed by atoms with van der Waals surface area (Å²) in [6.45, 7) is 3.63. The van der Waals surface area contributed by atoms with Gasteiger partial charge in [-0.3, -0.25) is 14.3 Å². The van der Waals surface area contributed by atoms with Crippen LogP contribution in [-0.4, -0.2) is 41.3 Å². The van der Waals surface area contributed by atoms with E-state index in [1.807, 2.05) is 25.1 Å². The number of ether oxygens (including phenoxy) is 2. The van der Waals surface area contributed by atoms with Crippen LogP contribution in [0.5, 0.6) is 5.75 Å².